The van der Waals surface area contributed by atoms with Gasteiger partial charge in [-0.25, -0.2) is 4.90 Å². The van der Waals surface area contributed by atoms with Gasteiger partial charge in [-0.05, 0) is 111 Å². The summed E-state index contributed by atoms with van der Waals surface area (Å²) in [6.45, 7) is 0.251. The number of thioether (sulfide) groups is 1. The minimum absolute atomic E-state index is 0.0254. The van der Waals surface area contributed by atoms with Gasteiger partial charge in [-0.2, -0.15) is 0 Å². The second-order valence-corrected chi connectivity index (χ2v) is 10.5. The first kappa shape index (κ1) is 25.4. The van der Waals surface area contributed by atoms with Crippen LogP contribution < -0.4 is 14.4 Å². The lowest BCUT2D eigenvalue weighted by Crippen LogP contribution is -2.28. The Morgan fingerprint density at radius 1 is 1.06 bits per heavy atom. The number of benzene rings is 3. The molecule has 0 saturated carbocycles. The predicted molar refractivity (Wildman–Crippen MR) is 151 cm³/mol. The molecule has 0 aromatic heterocycles. The first-order chi connectivity index (χ1) is 16.8. The van der Waals surface area contributed by atoms with Gasteiger partial charge in [-0.15, -0.1) is 0 Å². The van der Waals surface area contributed by atoms with Crippen molar-refractivity contribution in [3.05, 3.63) is 94.0 Å². The van der Waals surface area contributed by atoms with E-state index in [4.69, 9.17) is 9.47 Å². The molecule has 3 aromatic rings. The van der Waals surface area contributed by atoms with Crippen molar-refractivity contribution in [3.8, 4) is 11.5 Å². The molecule has 0 unspecified atom stereocenters. The van der Waals surface area contributed by atoms with E-state index in [0.29, 0.717) is 22.1 Å². The molecule has 1 aliphatic rings. The number of carbonyl (C=O) groups is 2. The van der Waals surface area contributed by atoms with Crippen LogP contribution in [0.1, 0.15) is 11.1 Å². The Labute approximate surface area is 232 Å². The van der Waals surface area contributed by atoms with Crippen molar-refractivity contribution < 1.29 is 24.0 Å². The topological polar surface area (TPSA) is 99.0 Å². The molecule has 8 nitrogen and oxygen atoms in total. The Morgan fingerprint density at radius 2 is 1.71 bits per heavy atom. The van der Waals surface area contributed by atoms with Crippen LogP contribution in [0.15, 0.2) is 65.6 Å². The monoisotopic (exact) mass is 714 g/mol. The molecule has 4 rings (SSSR count). The van der Waals surface area contributed by atoms with E-state index in [1.807, 2.05) is 12.1 Å². The fourth-order valence-corrected chi connectivity index (χ4v) is 6.27. The van der Waals surface area contributed by atoms with Crippen LogP contribution in [-0.4, -0.2) is 23.2 Å². The van der Waals surface area contributed by atoms with E-state index in [1.54, 1.807) is 42.5 Å². The normalized spacial score (nSPS) is 14.5. The summed E-state index contributed by atoms with van der Waals surface area (Å²) >= 11 is 5.18. The molecule has 1 heterocycles. The molecule has 0 spiro atoms. The van der Waals surface area contributed by atoms with Crippen LogP contribution in [0.3, 0.4) is 0 Å². The number of nitro benzene ring substituents is 1. The van der Waals surface area contributed by atoms with Gasteiger partial charge in [-0.3, -0.25) is 19.7 Å². The number of methoxy groups -OCH3 is 1. The molecule has 35 heavy (non-hydrogen) atoms. The molecule has 1 saturated heterocycles. The largest absolute Gasteiger partial charge is 0.495 e. The highest BCUT2D eigenvalue weighted by atomic mass is 127. The number of non-ortho nitro benzene ring substituents is 1. The van der Waals surface area contributed by atoms with Crippen LogP contribution in [-0.2, 0) is 11.4 Å². The predicted octanol–water partition coefficient (Wildman–Crippen LogP) is 6.63. The standard InChI is InChI=1S/C24H16I2N2O6S/c1-33-20-5-3-2-4-19(20)27-23(29)21(35-24(27)30)12-15-10-17(25)22(18(26)11-15)34-13-14-6-8-16(9-7-14)28(31)32/h2-12H,13H2,1H3/b21-12-. The van der Waals surface area contributed by atoms with E-state index in [9.17, 15) is 19.7 Å². The van der Waals surface area contributed by atoms with E-state index >= 15 is 0 Å². The van der Waals surface area contributed by atoms with Crippen molar-refractivity contribution in [1.29, 1.82) is 0 Å². The number of halogens is 2. The highest BCUT2D eigenvalue weighted by molar-refractivity contribution is 14.1. The van der Waals surface area contributed by atoms with Gasteiger partial charge >= 0.3 is 0 Å². The Kier molecular flexibility index (Phi) is 7.96. The molecule has 2 amide bonds. The van der Waals surface area contributed by atoms with Crippen molar-refractivity contribution in [2.24, 2.45) is 0 Å². The number of amides is 2. The molecule has 0 atom stereocenters. The fourth-order valence-electron chi connectivity index (χ4n) is 3.31. The van der Waals surface area contributed by atoms with Gasteiger partial charge in [0.15, 0.2) is 0 Å². The van der Waals surface area contributed by atoms with E-state index in [0.717, 1.165) is 34.9 Å². The van der Waals surface area contributed by atoms with E-state index in [1.165, 1.54) is 19.2 Å². The average molecular weight is 714 g/mol. The van der Waals surface area contributed by atoms with Crippen LogP contribution in [0, 0.1) is 17.3 Å². The number of para-hydroxylation sites is 2. The lowest BCUT2D eigenvalue weighted by atomic mass is 10.2. The molecular formula is C24H16I2N2O6S. The number of nitro groups is 1. The summed E-state index contributed by atoms with van der Waals surface area (Å²) in [5, 5.41) is 10.4. The van der Waals surface area contributed by atoms with Crippen molar-refractivity contribution >= 4 is 85.5 Å². The molecular weight excluding hydrogens is 698 g/mol. The minimum atomic E-state index is -0.444. The zero-order valence-corrected chi connectivity index (χ0v) is 23.2. The number of hydrogen-bond donors (Lipinski definition) is 0. The Morgan fingerprint density at radius 3 is 2.34 bits per heavy atom. The Bertz CT molecular complexity index is 1340. The molecule has 1 aliphatic heterocycles. The van der Waals surface area contributed by atoms with Crippen LogP contribution in [0.5, 0.6) is 11.5 Å². The second-order valence-electron chi connectivity index (χ2n) is 7.21. The summed E-state index contributed by atoms with van der Waals surface area (Å²) in [5.41, 5.74) is 1.99. The maximum absolute atomic E-state index is 13.0. The van der Waals surface area contributed by atoms with E-state index in [2.05, 4.69) is 45.2 Å². The lowest BCUT2D eigenvalue weighted by molar-refractivity contribution is -0.384. The quantitative estimate of drug-likeness (QED) is 0.117. The Balaban J connectivity index is 1.53. The first-order valence-electron chi connectivity index (χ1n) is 10.0. The summed E-state index contributed by atoms with van der Waals surface area (Å²) in [6, 6.07) is 16.8. The summed E-state index contributed by atoms with van der Waals surface area (Å²) in [6.07, 6.45) is 1.69. The number of hydrogen-bond acceptors (Lipinski definition) is 7. The van der Waals surface area contributed by atoms with Gasteiger partial charge in [0.25, 0.3) is 16.8 Å². The third-order valence-corrected chi connectivity index (χ3v) is 7.44. The summed E-state index contributed by atoms with van der Waals surface area (Å²) in [4.78, 5) is 37.5. The maximum Gasteiger partial charge on any atom is 0.298 e. The van der Waals surface area contributed by atoms with Crippen LogP contribution in [0.4, 0.5) is 16.2 Å². The zero-order valence-electron chi connectivity index (χ0n) is 18.1. The zero-order chi connectivity index (χ0) is 25.1. The summed E-state index contributed by atoms with van der Waals surface area (Å²) in [7, 11) is 1.49. The molecule has 3 aromatic carbocycles. The van der Waals surface area contributed by atoms with Gasteiger partial charge in [0, 0.05) is 12.1 Å². The van der Waals surface area contributed by atoms with E-state index in [-0.39, 0.29) is 12.3 Å². The number of anilines is 1. The molecule has 0 N–H and O–H groups in total. The lowest BCUT2D eigenvalue weighted by Gasteiger charge is -2.15. The second kappa shape index (κ2) is 11.0. The van der Waals surface area contributed by atoms with Crippen LogP contribution in [0.2, 0.25) is 0 Å². The highest BCUT2D eigenvalue weighted by Crippen LogP contribution is 2.40. The van der Waals surface area contributed by atoms with Crippen molar-refractivity contribution in [1.82, 2.24) is 0 Å². The molecule has 11 heteroatoms. The van der Waals surface area contributed by atoms with Gasteiger partial charge in [-0.1, -0.05) is 12.1 Å². The third kappa shape index (κ3) is 5.62. The molecule has 0 radical (unpaired) electrons. The smallest absolute Gasteiger partial charge is 0.298 e. The number of rotatable bonds is 7. The number of ether oxygens (including phenoxy) is 2. The van der Waals surface area contributed by atoms with E-state index < -0.39 is 16.1 Å². The fraction of sp³-hybridized carbons (Fsp3) is 0.0833. The SMILES string of the molecule is COc1ccccc1N1C(=O)S/C(=C\c2cc(I)c(OCc3ccc([N+](=O)[O-])cc3)c(I)c2)C1=O. The maximum atomic E-state index is 13.0. The summed E-state index contributed by atoms with van der Waals surface area (Å²) in [5.74, 6) is 0.700. The average Bonchev–Trinajstić information content (AvgIpc) is 3.11. The Hall–Kier alpha value is -2.65. The molecule has 1 fully saturated rings. The molecule has 178 valence electrons. The van der Waals surface area contributed by atoms with Crippen molar-refractivity contribution in [2.75, 3.05) is 12.0 Å². The minimum Gasteiger partial charge on any atom is -0.495 e. The van der Waals surface area contributed by atoms with Crippen molar-refractivity contribution in [3.63, 3.8) is 0 Å². The summed E-state index contributed by atoms with van der Waals surface area (Å²) < 4.78 is 12.9. The molecule has 0 bridgehead atoms. The van der Waals surface area contributed by atoms with Crippen LogP contribution >= 0.6 is 56.9 Å². The highest BCUT2D eigenvalue weighted by Gasteiger charge is 2.37. The number of nitrogens with zero attached hydrogens (tertiary/aromatic N) is 2. The van der Waals surface area contributed by atoms with Crippen LogP contribution in [0.25, 0.3) is 6.08 Å². The van der Waals surface area contributed by atoms with Gasteiger partial charge < -0.3 is 9.47 Å². The molecule has 0 aliphatic carbocycles. The number of carbonyl (C=O) groups excluding carboxylic acids is 2. The van der Waals surface area contributed by atoms with Gasteiger partial charge in [0.1, 0.15) is 18.1 Å². The van der Waals surface area contributed by atoms with Crippen molar-refractivity contribution in [2.45, 2.75) is 6.61 Å². The van der Waals surface area contributed by atoms with Gasteiger partial charge in [0.05, 0.1) is 29.8 Å². The third-order valence-electron chi connectivity index (χ3n) is 4.97. The van der Waals surface area contributed by atoms with Gasteiger partial charge in [0.2, 0.25) is 0 Å². The first-order valence-corrected chi connectivity index (χ1v) is 13.0. The number of imide groups is 1.